The van der Waals surface area contributed by atoms with Crippen molar-refractivity contribution in [2.24, 2.45) is 0 Å². The number of quaternary nitrogens is 1. The first-order chi connectivity index (χ1) is 16.0. The number of nitro groups is 1. The Kier molecular flexibility index (Phi) is 9.43. The summed E-state index contributed by atoms with van der Waals surface area (Å²) in [5.74, 6) is -0.254. The SMILES string of the molecule is C[N+](C)(CCOC(=O)c1ccccc1)Cc1ccccc1.O=[N+]([O-])c1cccc(S(=O)(=O)O)c1. The lowest BCUT2D eigenvalue weighted by Gasteiger charge is -2.29. The zero-order chi connectivity index (χ0) is 25.2. The van der Waals surface area contributed by atoms with Crippen LogP contribution in [0.25, 0.3) is 0 Å². The number of nitro benzene ring substituents is 1. The van der Waals surface area contributed by atoms with Crippen LogP contribution in [0, 0.1) is 10.1 Å². The van der Waals surface area contributed by atoms with Gasteiger partial charge < -0.3 is 9.22 Å². The largest absolute Gasteiger partial charge is 0.456 e. The van der Waals surface area contributed by atoms with Crippen LogP contribution in [0.1, 0.15) is 15.9 Å². The first-order valence-corrected chi connectivity index (χ1v) is 11.7. The van der Waals surface area contributed by atoms with Gasteiger partial charge in [0.2, 0.25) is 0 Å². The molecule has 0 radical (unpaired) electrons. The van der Waals surface area contributed by atoms with E-state index < -0.39 is 19.9 Å². The molecule has 3 rings (SSSR count). The van der Waals surface area contributed by atoms with Crippen molar-refractivity contribution in [3.8, 4) is 0 Å². The quantitative estimate of drug-likeness (QED) is 0.168. The second-order valence-electron chi connectivity index (χ2n) is 8.03. The number of esters is 1. The van der Waals surface area contributed by atoms with Crippen molar-refractivity contribution in [1.29, 1.82) is 0 Å². The van der Waals surface area contributed by atoms with Gasteiger partial charge in [-0.1, -0.05) is 54.6 Å². The fourth-order valence-corrected chi connectivity index (χ4v) is 3.48. The van der Waals surface area contributed by atoms with Crippen molar-refractivity contribution >= 4 is 21.8 Å². The number of rotatable bonds is 8. The van der Waals surface area contributed by atoms with Gasteiger partial charge in [-0.3, -0.25) is 14.7 Å². The minimum absolute atomic E-state index is 0.254. The Morgan fingerprint density at radius 1 is 0.971 bits per heavy atom. The van der Waals surface area contributed by atoms with Crippen LogP contribution in [0.5, 0.6) is 0 Å². The van der Waals surface area contributed by atoms with E-state index >= 15 is 0 Å². The van der Waals surface area contributed by atoms with Gasteiger partial charge in [0.1, 0.15) is 24.6 Å². The maximum Gasteiger partial charge on any atom is 0.338 e. The summed E-state index contributed by atoms with van der Waals surface area (Å²) >= 11 is 0. The van der Waals surface area contributed by atoms with Crippen molar-refractivity contribution in [3.63, 3.8) is 0 Å². The molecule has 0 aliphatic carbocycles. The Morgan fingerprint density at radius 2 is 1.56 bits per heavy atom. The Bertz CT molecular complexity index is 1200. The summed E-state index contributed by atoms with van der Waals surface area (Å²) in [5, 5.41) is 10.2. The predicted molar refractivity (Wildman–Crippen MR) is 127 cm³/mol. The molecule has 0 unspecified atom stereocenters. The number of likely N-dealkylation sites (N-methyl/N-ethyl adjacent to an activating group) is 1. The predicted octanol–water partition coefficient (Wildman–Crippen LogP) is 3.96. The molecule has 0 spiro atoms. The fraction of sp³-hybridized carbons (Fsp3) is 0.208. The van der Waals surface area contributed by atoms with Gasteiger partial charge in [0.15, 0.2) is 0 Å². The molecule has 0 heterocycles. The van der Waals surface area contributed by atoms with E-state index in [1.165, 1.54) is 11.6 Å². The second-order valence-corrected chi connectivity index (χ2v) is 9.46. The van der Waals surface area contributed by atoms with E-state index in [0.29, 0.717) is 12.2 Å². The average molecular weight is 488 g/mol. The van der Waals surface area contributed by atoms with Crippen molar-refractivity contribution in [2.45, 2.75) is 11.4 Å². The zero-order valence-electron chi connectivity index (χ0n) is 18.9. The highest BCUT2D eigenvalue weighted by atomic mass is 32.2. The lowest BCUT2D eigenvalue weighted by molar-refractivity contribution is -0.903. The molecule has 3 aromatic carbocycles. The van der Waals surface area contributed by atoms with Crippen LogP contribution >= 0.6 is 0 Å². The molecule has 0 aliphatic heterocycles. The minimum Gasteiger partial charge on any atom is -0.456 e. The van der Waals surface area contributed by atoms with Crippen molar-refractivity contribution in [3.05, 3.63) is 106 Å². The van der Waals surface area contributed by atoms with Gasteiger partial charge in [-0.15, -0.1) is 0 Å². The molecule has 0 aromatic heterocycles. The summed E-state index contributed by atoms with van der Waals surface area (Å²) in [6, 6.07) is 23.6. The van der Waals surface area contributed by atoms with Crippen molar-refractivity contribution in [2.75, 3.05) is 27.2 Å². The van der Waals surface area contributed by atoms with Crippen LogP contribution in [0.15, 0.2) is 89.8 Å². The molecular weight excluding hydrogens is 460 g/mol. The van der Waals surface area contributed by atoms with E-state index in [0.717, 1.165) is 35.8 Å². The monoisotopic (exact) mass is 487 g/mol. The topological polar surface area (TPSA) is 124 Å². The smallest absolute Gasteiger partial charge is 0.338 e. The summed E-state index contributed by atoms with van der Waals surface area (Å²) in [7, 11) is -0.0789. The molecule has 0 saturated heterocycles. The van der Waals surface area contributed by atoms with Crippen LogP contribution in [-0.4, -0.2) is 55.6 Å². The molecule has 0 fully saturated rings. The van der Waals surface area contributed by atoms with Gasteiger partial charge in [-0.2, -0.15) is 8.42 Å². The summed E-state index contributed by atoms with van der Waals surface area (Å²) in [6.45, 7) is 2.13. The summed E-state index contributed by atoms with van der Waals surface area (Å²) in [5.41, 5.74) is 1.51. The van der Waals surface area contributed by atoms with E-state index in [1.807, 2.05) is 36.4 Å². The summed E-state index contributed by atoms with van der Waals surface area (Å²) in [4.78, 5) is 20.8. The van der Waals surface area contributed by atoms with Crippen molar-refractivity contribution < 1.29 is 31.9 Å². The third-order valence-corrected chi connectivity index (χ3v) is 5.57. The molecule has 34 heavy (non-hydrogen) atoms. The molecule has 1 N–H and O–H groups in total. The van der Waals surface area contributed by atoms with Crippen LogP contribution < -0.4 is 0 Å². The number of benzene rings is 3. The first-order valence-electron chi connectivity index (χ1n) is 10.3. The number of carbonyl (C=O) groups is 1. The number of hydrogen-bond acceptors (Lipinski definition) is 6. The standard InChI is InChI=1S/C18H22NO2.C6H5NO5S/c1-19(2,15-16-9-5-3-6-10-16)13-14-21-18(20)17-11-7-4-8-12-17;8-7(9)5-2-1-3-6(4-5)13(10,11)12/h3-12H,13-15H2,1-2H3;1-4H,(H,10,11,12)/q+1;. The van der Waals surface area contributed by atoms with E-state index in [4.69, 9.17) is 9.29 Å². The number of non-ortho nitro benzene ring substituents is 1. The Hall–Kier alpha value is -3.60. The van der Waals surface area contributed by atoms with Gasteiger partial charge in [-0.25, -0.2) is 4.79 Å². The number of ether oxygens (including phenoxy) is 1. The third kappa shape index (κ3) is 9.10. The molecule has 0 atom stereocenters. The fourth-order valence-electron chi connectivity index (χ4n) is 2.96. The van der Waals surface area contributed by atoms with E-state index in [2.05, 4.69) is 26.2 Å². The molecule has 0 amide bonds. The highest BCUT2D eigenvalue weighted by molar-refractivity contribution is 7.85. The first kappa shape index (κ1) is 26.7. The number of hydrogen-bond donors (Lipinski definition) is 1. The van der Waals surface area contributed by atoms with Crippen LogP contribution in [-0.2, 0) is 21.4 Å². The summed E-state index contributed by atoms with van der Waals surface area (Å²) < 4.78 is 35.8. The maximum absolute atomic E-state index is 11.9. The highest BCUT2D eigenvalue weighted by Gasteiger charge is 2.17. The van der Waals surface area contributed by atoms with E-state index in [-0.39, 0.29) is 11.7 Å². The van der Waals surface area contributed by atoms with Gasteiger partial charge >= 0.3 is 5.97 Å². The molecule has 10 heteroatoms. The van der Waals surface area contributed by atoms with Gasteiger partial charge in [0.05, 0.1) is 24.6 Å². The minimum atomic E-state index is -4.36. The van der Waals surface area contributed by atoms with Crippen molar-refractivity contribution in [1.82, 2.24) is 0 Å². The molecule has 180 valence electrons. The van der Waals surface area contributed by atoms with Gasteiger partial charge in [0.25, 0.3) is 15.8 Å². The summed E-state index contributed by atoms with van der Waals surface area (Å²) in [6.07, 6.45) is 0. The maximum atomic E-state index is 11.9. The average Bonchev–Trinajstić information content (AvgIpc) is 2.80. The van der Waals surface area contributed by atoms with Crippen LogP contribution in [0.2, 0.25) is 0 Å². The Balaban J connectivity index is 0.000000270. The lowest BCUT2D eigenvalue weighted by Crippen LogP contribution is -2.41. The number of carbonyl (C=O) groups excluding carboxylic acids is 1. The molecule has 9 nitrogen and oxygen atoms in total. The van der Waals surface area contributed by atoms with E-state index in [9.17, 15) is 23.3 Å². The molecule has 0 saturated carbocycles. The van der Waals surface area contributed by atoms with Gasteiger partial charge in [-0.05, 0) is 18.2 Å². The zero-order valence-corrected chi connectivity index (χ0v) is 19.7. The van der Waals surface area contributed by atoms with Crippen LogP contribution in [0.3, 0.4) is 0 Å². The van der Waals surface area contributed by atoms with Gasteiger partial charge in [0, 0.05) is 17.7 Å². The van der Waals surface area contributed by atoms with Crippen LogP contribution in [0.4, 0.5) is 5.69 Å². The van der Waals surface area contributed by atoms with E-state index in [1.54, 1.807) is 12.1 Å². The number of nitrogens with zero attached hydrogens (tertiary/aromatic N) is 2. The Labute approximate surface area is 198 Å². The molecule has 0 bridgehead atoms. The second kappa shape index (κ2) is 12.0. The third-order valence-electron chi connectivity index (χ3n) is 4.72. The lowest BCUT2D eigenvalue weighted by atomic mass is 10.2. The molecular formula is C24H27N2O7S+. The highest BCUT2D eigenvalue weighted by Crippen LogP contribution is 2.16. The molecule has 3 aromatic rings. The normalized spacial score (nSPS) is 11.1. The molecule has 0 aliphatic rings. The Morgan fingerprint density at radius 3 is 2.12 bits per heavy atom.